The van der Waals surface area contributed by atoms with Gasteiger partial charge >= 0.3 is 0 Å². The highest BCUT2D eigenvalue weighted by molar-refractivity contribution is 7.19. The van der Waals surface area contributed by atoms with E-state index in [1.165, 1.54) is 21.9 Å². The van der Waals surface area contributed by atoms with Crippen LogP contribution in [0.25, 0.3) is 15.5 Å². The van der Waals surface area contributed by atoms with E-state index in [9.17, 15) is 9.59 Å². The van der Waals surface area contributed by atoms with Gasteiger partial charge in [0.1, 0.15) is 5.01 Å². The number of carbonyl (C=O) groups excluding carboxylic acids is 1. The minimum absolute atomic E-state index is 0.149. The summed E-state index contributed by atoms with van der Waals surface area (Å²) in [6.07, 6.45) is 0. The number of carbonyl (C=O) groups is 1. The lowest BCUT2D eigenvalue weighted by Gasteiger charge is -2.17. The van der Waals surface area contributed by atoms with Crippen LogP contribution in [-0.4, -0.2) is 20.5 Å². The first-order chi connectivity index (χ1) is 16.2. The summed E-state index contributed by atoms with van der Waals surface area (Å²) in [5.41, 5.74) is 2.96. The van der Waals surface area contributed by atoms with Gasteiger partial charge in [0, 0.05) is 11.6 Å². The van der Waals surface area contributed by atoms with E-state index >= 15 is 0 Å². The van der Waals surface area contributed by atoms with Gasteiger partial charge in [0.2, 0.25) is 10.9 Å². The number of hydrogen-bond donors (Lipinski definition) is 1. The van der Waals surface area contributed by atoms with Crippen molar-refractivity contribution >= 4 is 22.2 Å². The number of amides is 1. The van der Waals surface area contributed by atoms with E-state index in [0.29, 0.717) is 10.7 Å². The quantitative estimate of drug-likeness (QED) is 0.418. The van der Waals surface area contributed by atoms with Crippen LogP contribution in [-0.2, 0) is 11.3 Å². The molecule has 162 valence electrons. The molecule has 0 bridgehead atoms. The summed E-state index contributed by atoms with van der Waals surface area (Å²) < 4.78 is 1.30. The summed E-state index contributed by atoms with van der Waals surface area (Å²) in [5.74, 6) is -0.603. The van der Waals surface area contributed by atoms with Crippen LogP contribution in [0.1, 0.15) is 22.7 Å². The van der Waals surface area contributed by atoms with E-state index in [0.717, 1.165) is 21.7 Å². The van der Waals surface area contributed by atoms with E-state index in [1.54, 1.807) is 0 Å². The van der Waals surface area contributed by atoms with Gasteiger partial charge in [-0.1, -0.05) is 102 Å². The molecule has 5 aromatic rings. The molecular weight excluding hydrogens is 432 g/mol. The molecule has 0 aliphatic rings. The minimum Gasteiger partial charge on any atom is -0.350 e. The van der Waals surface area contributed by atoms with Crippen molar-refractivity contribution in [1.82, 2.24) is 19.9 Å². The molecule has 0 spiro atoms. The maximum atomic E-state index is 13.2. The Bertz CT molecular complexity index is 1410. The molecule has 1 N–H and O–H groups in total. The zero-order chi connectivity index (χ0) is 22.6. The Kier molecular flexibility index (Phi) is 5.78. The smallest absolute Gasteiger partial charge is 0.275 e. The van der Waals surface area contributed by atoms with Gasteiger partial charge in [0.25, 0.3) is 5.56 Å². The molecule has 0 atom stereocenters. The maximum absolute atomic E-state index is 13.2. The van der Waals surface area contributed by atoms with Gasteiger partial charge in [-0.25, -0.2) is 4.98 Å². The van der Waals surface area contributed by atoms with Crippen LogP contribution in [0, 0.1) is 0 Å². The van der Waals surface area contributed by atoms with E-state index in [1.807, 2.05) is 91.0 Å². The highest BCUT2D eigenvalue weighted by Crippen LogP contribution is 2.25. The summed E-state index contributed by atoms with van der Waals surface area (Å²) in [5, 5.41) is 8.08. The number of fused-ring (bicyclic) bond motifs is 1. The van der Waals surface area contributed by atoms with Gasteiger partial charge in [-0.2, -0.15) is 9.61 Å². The normalized spacial score (nSPS) is 11.1. The van der Waals surface area contributed by atoms with Gasteiger partial charge in [-0.05, 0) is 11.1 Å². The third-order valence-electron chi connectivity index (χ3n) is 5.29. The summed E-state index contributed by atoms with van der Waals surface area (Å²) in [7, 11) is 0. The monoisotopic (exact) mass is 452 g/mol. The van der Waals surface area contributed by atoms with Crippen molar-refractivity contribution in [2.75, 3.05) is 0 Å². The zero-order valence-electron chi connectivity index (χ0n) is 17.6. The second-order valence-electron chi connectivity index (χ2n) is 7.53. The third kappa shape index (κ3) is 4.44. The first kappa shape index (κ1) is 20.8. The van der Waals surface area contributed by atoms with Gasteiger partial charge in [-0.3, -0.25) is 9.59 Å². The van der Waals surface area contributed by atoms with E-state index in [4.69, 9.17) is 0 Å². The molecule has 3 aromatic carbocycles. The fraction of sp³-hybridized carbons (Fsp3) is 0.0769. The Hall–Kier alpha value is -4.10. The number of rotatable bonds is 6. The topological polar surface area (TPSA) is 76.4 Å². The lowest BCUT2D eigenvalue weighted by atomic mass is 9.90. The van der Waals surface area contributed by atoms with Crippen molar-refractivity contribution < 1.29 is 4.79 Å². The van der Waals surface area contributed by atoms with Crippen LogP contribution < -0.4 is 10.9 Å². The van der Waals surface area contributed by atoms with Gasteiger partial charge in [-0.15, -0.1) is 0 Å². The predicted octanol–water partition coefficient (Wildman–Crippen LogP) is 4.27. The number of benzene rings is 3. The van der Waals surface area contributed by atoms with Crippen molar-refractivity contribution in [2.45, 2.75) is 12.5 Å². The van der Waals surface area contributed by atoms with Crippen LogP contribution in [0.15, 0.2) is 102 Å². The van der Waals surface area contributed by atoms with E-state index < -0.39 is 5.92 Å². The average Bonchev–Trinajstić information content (AvgIpc) is 3.30. The van der Waals surface area contributed by atoms with Crippen molar-refractivity contribution in [2.24, 2.45) is 0 Å². The summed E-state index contributed by atoms with van der Waals surface area (Å²) in [6.45, 7) is 0.152. The molecule has 2 heterocycles. The molecule has 2 aromatic heterocycles. The van der Waals surface area contributed by atoms with Crippen LogP contribution in [0.2, 0.25) is 0 Å². The number of nitrogens with one attached hydrogen (secondary N) is 1. The number of nitrogens with zero attached hydrogens (tertiary/aromatic N) is 3. The molecule has 33 heavy (non-hydrogen) atoms. The molecule has 7 heteroatoms. The van der Waals surface area contributed by atoms with Crippen LogP contribution in [0.3, 0.4) is 0 Å². The SMILES string of the molecule is O=C(NCc1cc(=O)n2nc(-c3ccccc3)sc2n1)C(c1ccccc1)c1ccccc1. The Morgan fingerprint density at radius 2 is 1.45 bits per heavy atom. The molecule has 1 amide bonds. The summed E-state index contributed by atoms with van der Waals surface area (Å²) in [6, 6.07) is 30.4. The standard InChI is InChI=1S/C26H20N4O2S/c31-22-16-21(28-26-30(22)29-25(33-26)20-14-8-3-9-15-20)17-27-24(32)23(18-10-4-1-5-11-18)19-12-6-2-7-13-19/h1-16,23H,17H2,(H,27,32). The summed E-state index contributed by atoms with van der Waals surface area (Å²) >= 11 is 1.34. The van der Waals surface area contributed by atoms with Gasteiger partial charge < -0.3 is 5.32 Å². The van der Waals surface area contributed by atoms with Crippen LogP contribution in [0.4, 0.5) is 0 Å². The lowest BCUT2D eigenvalue weighted by Crippen LogP contribution is -2.30. The van der Waals surface area contributed by atoms with Crippen molar-refractivity contribution in [3.8, 4) is 10.6 Å². The minimum atomic E-state index is -0.453. The molecule has 0 radical (unpaired) electrons. The molecule has 0 saturated carbocycles. The predicted molar refractivity (Wildman–Crippen MR) is 129 cm³/mol. The highest BCUT2D eigenvalue weighted by Gasteiger charge is 2.22. The third-order valence-corrected chi connectivity index (χ3v) is 6.25. The second-order valence-corrected chi connectivity index (χ2v) is 8.48. The van der Waals surface area contributed by atoms with Gasteiger partial charge in [0.05, 0.1) is 18.2 Å². The van der Waals surface area contributed by atoms with Gasteiger partial charge in [0.15, 0.2) is 0 Å². The Morgan fingerprint density at radius 1 is 0.879 bits per heavy atom. The highest BCUT2D eigenvalue weighted by atomic mass is 32.1. The first-order valence-corrected chi connectivity index (χ1v) is 11.3. The fourth-order valence-electron chi connectivity index (χ4n) is 3.71. The molecule has 0 unspecified atom stereocenters. The number of hydrogen-bond acceptors (Lipinski definition) is 5. The maximum Gasteiger partial charge on any atom is 0.275 e. The molecular formula is C26H20N4O2S. The first-order valence-electron chi connectivity index (χ1n) is 10.5. The molecule has 0 aliphatic carbocycles. The summed E-state index contributed by atoms with van der Waals surface area (Å²) in [4.78, 5) is 30.9. The van der Waals surface area contributed by atoms with Crippen LogP contribution in [0.5, 0.6) is 0 Å². The van der Waals surface area contributed by atoms with Crippen molar-refractivity contribution in [1.29, 1.82) is 0 Å². The molecule has 0 aliphatic heterocycles. The van der Waals surface area contributed by atoms with E-state index in [2.05, 4.69) is 15.4 Å². The van der Waals surface area contributed by atoms with Crippen molar-refractivity contribution in [3.63, 3.8) is 0 Å². The molecule has 0 fully saturated rings. The van der Waals surface area contributed by atoms with Crippen LogP contribution >= 0.6 is 11.3 Å². The second kappa shape index (κ2) is 9.18. The Balaban J connectivity index is 1.40. The Morgan fingerprint density at radius 3 is 2.06 bits per heavy atom. The largest absolute Gasteiger partial charge is 0.350 e. The lowest BCUT2D eigenvalue weighted by molar-refractivity contribution is -0.121. The fourth-order valence-corrected chi connectivity index (χ4v) is 4.64. The Labute approximate surface area is 194 Å². The number of aromatic nitrogens is 3. The average molecular weight is 453 g/mol. The zero-order valence-corrected chi connectivity index (χ0v) is 18.4. The molecule has 5 rings (SSSR count). The van der Waals surface area contributed by atoms with Crippen molar-refractivity contribution in [3.05, 3.63) is 124 Å². The molecule has 6 nitrogen and oxygen atoms in total. The molecule has 0 saturated heterocycles. The van der Waals surface area contributed by atoms with E-state index in [-0.39, 0.29) is 18.0 Å².